The van der Waals surface area contributed by atoms with Gasteiger partial charge in [-0.3, -0.25) is 0 Å². The molecule has 6 nitrogen and oxygen atoms in total. The molecule has 2 N–H and O–H groups in total. The van der Waals surface area contributed by atoms with E-state index < -0.39 is 11.9 Å². The van der Waals surface area contributed by atoms with Gasteiger partial charge < -0.3 is 15.2 Å². The van der Waals surface area contributed by atoms with Crippen LogP contribution in [-0.4, -0.2) is 25.2 Å². The predicted octanol–water partition coefficient (Wildman–Crippen LogP) is 1.98. The molecule has 0 amide bonds. The van der Waals surface area contributed by atoms with E-state index in [9.17, 15) is 9.59 Å². The van der Waals surface area contributed by atoms with Gasteiger partial charge in [0.05, 0.1) is 18.8 Å². The van der Waals surface area contributed by atoms with E-state index >= 15 is 0 Å². The lowest BCUT2D eigenvalue weighted by Crippen LogP contribution is -2.06. The van der Waals surface area contributed by atoms with Gasteiger partial charge in [-0.15, -0.1) is 11.3 Å². The Morgan fingerprint density at radius 1 is 1.40 bits per heavy atom. The van der Waals surface area contributed by atoms with Crippen molar-refractivity contribution in [1.29, 1.82) is 5.26 Å². The van der Waals surface area contributed by atoms with Gasteiger partial charge >= 0.3 is 11.9 Å². The zero-order valence-electron chi connectivity index (χ0n) is 11.1. The summed E-state index contributed by atoms with van der Waals surface area (Å²) in [5, 5.41) is 9.19. The molecule has 0 aromatic carbocycles. The fourth-order valence-electron chi connectivity index (χ4n) is 1.35. The van der Waals surface area contributed by atoms with Crippen LogP contribution in [0.4, 0.5) is 5.00 Å². The van der Waals surface area contributed by atoms with Crippen molar-refractivity contribution in [3.8, 4) is 6.07 Å². The highest BCUT2D eigenvalue weighted by Crippen LogP contribution is 2.27. The molecule has 0 saturated carbocycles. The van der Waals surface area contributed by atoms with Gasteiger partial charge in [-0.2, -0.15) is 5.26 Å². The summed E-state index contributed by atoms with van der Waals surface area (Å²) in [6.07, 6.45) is 1.34. The molecule has 1 aromatic heterocycles. The number of nitrogen functional groups attached to an aromatic ring is 1. The molecule has 0 aliphatic heterocycles. The van der Waals surface area contributed by atoms with Crippen LogP contribution >= 0.6 is 11.3 Å². The van der Waals surface area contributed by atoms with Crippen LogP contribution < -0.4 is 5.73 Å². The van der Waals surface area contributed by atoms with Crippen LogP contribution in [0.2, 0.25) is 0 Å². The topological polar surface area (TPSA) is 102 Å². The maximum absolute atomic E-state index is 11.6. The number of nitrogens with zero attached hydrogens (tertiary/aromatic N) is 1. The van der Waals surface area contributed by atoms with Crippen LogP contribution in [0.1, 0.15) is 29.1 Å². The highest BCUT2D eigenvalue weighted by atomic mass is 32.1. The molecule has 7 heteroatoms. The van der Waals surface area contributed by atoms with E-state index in [2.05, 4.69) is 0 Å². The average molecular weight is 294 g/mol. The number of carbonyl (C=O) groups is 2. The number of nitrogens with two attached hydrogens (primary N) is 1. The molecular weight excluding hydrogens is 280 g/mol. The fraction of sp³-hybridized carbons (Fsp3) is 0.308. The van der Waals surface area contributed by atoms with E-state index in [1.165, 1.54) is 12.1 Å². The molecule has 0 radical (unpaired) electrons. The minimum atomic E-state index is -0.709. The summed E-state index contributed by atoms with van der Waals surface area (Å²) in [6, 6.07) is 3.24. The summed E-state index contributed by atoms with van der Waals surface area (Å²) < 4.78 is 9.59. The number of nitriles is 1. The molecule has 1 aromatic rings. The number of thiophene rings is 1. The van der Waals surface area contributed by atoms with Gasteiger partial charge in [-0.05, 0) is 26.0 Å². The van der Waals surface area contributed by atoms with Crippen molar-refractivity contribution in [3.05, 3.63) is 22.1 Å². The second-order valence-corrected chi connectivity index (χ2v) is 4.65. The lowest BCUT2D eigenvalue weighted by molar-refractivity contribution is -0.137. The first-order chi connectivity index (χ1) is 9.53. The smallest absolute Gasteiger partial charge is 0.348 e. The molecule has 106 valence electrons. The van der Waals surface area contributed by atoms with Gasteiger partial charge in [0.1, 0.15) is 16.6 Å². The number of esters is 2. The van der Waals surface area contributed by atoms with Crippen molar-refractivity contribution in [2.45, 2.75) is 13.8 Å². The summed E-state index contributed by atoms with van der Waals surface area (Å²) in [5.41, 5.74) is 5.79. The van der Waals surface area contributed by atoms with Crippen molar-refractivity contribution in [1.82, 2.24) is 0 Å². The zero-order valence-corrected chi connectivity index (χ0v) is 12.0. The Kier molecular flexibility index (Phi) is 5.74. The molecule has 0 atom stereocenters. The Hall–Kier alpha value is -2.33. The van der Waals surface area contributed by atoms with Crippen LogP contribution in [0.5, 0.6) is 0 Å². The van der Waals surface area contributed by atoms with E-state index in [0.717, 1.165) is 11.3 Å². The van der Waals surface area contributed by atoms with Crippen LogP contribution in [0.25, 0.3) is 6.08 Å². The third kappa shape index (κ3) is 3.83. The summed E-state index contributed by atoms with van der Waals surface area (Å²) in [4.78, 5) is 23.6. The summed E-state index contributed by atoms with van der Waals surface area (Å²) in [5.74, 6) is -1.24. The molecule has 0 fully saturated rings. The number of anilines is 1. The molecule has 0 saturated heterocycles. The van der Waals surface area contributed by atoms with Crippen molar-refractivity contribution in [2.24, 2.45) is 0 Å². The largest absolute Gasteiger partial charge is 0.462 e. The Morgan fingerprint density at radius 2 is 2.05 bits per heavy atom. The van der Waals surface area contributed by atoms with Gasteiger partial charge in [-0.1, -0.05) is 0 Å². The van der Waals surface area contributed by atoms with Gasteiger partial charge in [0, 0.05) is 4.88 Å². The average Bonchev–Trinajstić information content (AvgIpc) is 2.77. The molecule has 0 aliphatic rings. The summed E-state index contributed by atoms with van der Waals surface area (Å²) in [6.45, 7) is 3.76. The number of ether oxygens (including phenoxy) is 2. The standard InChI is InChI=1S/C13H14N2O4S/c1-3-18-12(16)8(7-14)5-9-6-10(11(15)20-9)13(17)19-4-2/h5-6H,3-4,15H2,1-2H3/b8-5-. The Morgan fingerprint density at radius 3 is 2.60 bits per heavy atom. The van der Waals surface area contributed by atoms with Crippen LogP contribution in [0.3, 0.4) is 0 Å². The molecule has 1 heterocycles. The van der Waals surface area contributed by atoms with E-state index in [-0.39, 0.29) is 29.4 Å². The maximum atomic E-state index is 11.6. The van der Waals surface area contributed by atoms with Gasteiger partial charge in [0.2, 0.25) is 0 Å². The first-order valence-electron chi connectivity index (χ1n) is 5.88. The maximum Gasteiger partial charge on any atom is 0.348 e. The lowest BCUT2D eigenvalue weighted by Gasteiger charge is -1.98. The number of hydrogen-bond donors (Lipinski definition) is 1. The molecule has 0 spiro atoms. The third-order valence-electron chi connectivity index (χ3n) is 2.18. The van der Waals surface area contributed by atoms with E-state index in [1.807, 2.05) is 0 Å². The Bertz CT molecular complexity index is 584. The second kappa shape index (κ2) is 7.31. The highest BCUT2D eigenvalue weighted by molar-refractivity contribution is 7.17. The predicted molar refractivity (Wildman–Crippen MR) is 74.9 cm³/mol. The van der Waals surface area contributed by atoms with Crippen LogP contribution in [-0.2, 0) is 14.3 Å². The van der Waals surface area contributed by atoms with Crippen molar-refractivity contribution < 1.29 is 19.1 Å². The quantitative estimate of drug-likeness (QED) is 0.506. The molecular formula is C13H14N2O4S. The SMILES string of the molecule is CCOC(=O)/C(C#N)=C\c1cc(C(=O)OCC)c(N)s1. The van der Waals surface area contributed by atoms with Gasteiger partial charge in [0.25, 0.3) is 0 Å². The number of hydrogen-bond acceptors (Lipinski definition) is 7. The normalized spacial score (nSPS) is 10.8. The molecule has 20 heavy (non-hydrogen) atoms. The first-order valence-corrected chi connectivity index (χ1v) is 6.70. The van der Waals surface area contributed by atoms with Crippen molar-refractivity contribution >= 4 is 34.4 Å². The van der Waals surface area contributed by atoms with Gasteiger partial charge in [0.15, 0.2) is 0 Å². The van der Waals surface area contributed by atoms with E-state index in [1.54, 1.807) is 19.9 Å². The minimum absolute atomic E-state index is 0.150. The monoisotopic (exact) mass is 294 g/mol. The highest BCUT2D eigenvalue weighted by Gasteiger charge is 2.16. The van der Waals surface area contributed by atoms with Crippen LogP contribution in [0.15, 0.2) is 11.6 Å². The van der Waals surface area contributed by atoms with Crippen LogP contribution in [0, 0.1) is 11.3 Å². The Labute approximate surface area is 120 Å². The first kappa shape index (κ1) is 15.7. The lowest BCUT2D eigenvalue weighted by atomic mass is 10.2. The minimum Gasteiger partial charge on any atom is -0.462 e. The van der Waals surface area contributed by atoms with Crippen molar-refractivity contribution in [2.75, 3.05) is 18.9 Å². The van der Waals surface area contributed by atoms with Gasteiger partial charge in [-0.25, -0.2) is 9.59 Å². The molecule has 0 aliphatic carbocycles. The van der Waals surface area contributed by atoms with E-state index in [4.69, 9.17) is 20.5 Å². The molecule has 0 bridgehead atoms. The second-order valence-electron chi connectivity index (χ2n) is 3.54. The summed E-state index contributed by atoms with van der Waals surface area (Å²) >= 11 is 1.09. The summed E-state index contributed by atoms with van der Waals surface area (Å²) in [7, 11) is 0. The van der Waals surface area contributed by atoms with Crippen molar-refractivity contribution in [3.63, 3.8) is 0 Å². The molecule has 1 rings (SSSR count). The van der Waals surface area contributed by atoms with E-state index in [0.29, 0.717) is 4.88 Å². The number of carbonyl (C=O) groups excluding carboxylic acids is 2. The third-order valence-corrected chi connectivity index (χ3v) is 3.09. The number of rotatable bonds is 5. The zero-order chi connectivity index (χ0) is 15.1. The molecule has 0 unspecified atom stereocenters. The fourth-order valence-corrected chi connectivity index (χ4v) is 2.21. The Balaban J connectivity index is 3.04.